The van der Waals surface area contributed by atoms with Gasteiger partial charge in [0, 0.05) is 25.2 Å². The van der Waals surface area contributed by atoms with E-state index in [1.165, 1.54) is 11.1 Å². The van der Waals surface area contributed by atoms with E-state index in [9.17, 15) is 4.79 Å². The zero-order valence-corrected chi connectivity index (χ0v) is 17.5. The molecule has 1 aliphatic heterocycles. The summed E-state index contributed by atoms with van der Waals surface area (Å²) in [6.45, 7) is 7.31. The number of hydrogen-bond acceptors (Lipinski definition) is 3. The Balaban J connectivity index is 1.27. The number of primary amides is 1. The number of benzene rings is 3. The van der Waals surface area contributed by atoms with Crippen molar-refractivity contribution in [3.8, 4) is 16.9 Å². The van der Waals surface area contributed by atoms with Crippen LogP contribution >= 0.6 is 0 Å². The van der Waals surface area contributed by atoms with Crippen LogP contribution in [-0.2, 0) is 6.54 Å². The van der Waals surface area contributed by atoms with Gasteiger partial charge in [0.1, 0.15) is 11.9 Å². The SMILES string of the molecule is CC(C)c1ccc(CN2CC(Oc3ccc(-c4ccc(C(N)=O)cc4)cc3)C2)cc1. The van der Waals surface area contributed by atoms with Gasteiger partial charge >= 0.3 is 0 Å². The minimum Gasteiger partial charge on any atom is -0.488 e. The van der Waals surface area contributed by atoms with Crippen LogP contribution in [0.2, 0.25) is 0 Å². The molecule has 0 aromatic heterocycles. The topological polar surface area (TPSA) is 55.6 Å². The first-order valence-electron chi connectivity index (χ1n) is 10.5. The third-order valence-electron chi connectivity index (χ3n) is 5.64. The lowest BCUT2D eigenvalue weighted by atomic mass is 10.0. The largest absolute Gasteiger partial charge is 0.488 e. The van der Waals surface area contributed by atoms with Crippen LogP contribution in [0.15, 0.2) is 72.8 Å². The number of nitrogens with two attached hydrogens (primary N) is 1. The Labute approximate surface area is 178 Å². The molecule has 3 aromatic carbocycles. The maximum absolute atomic E-state index is 11.2. The molecule has 4 rings (SSSR count). The number of rotatable bonds is 7. The number of hydrogen-bond donors (Lipinski definition) is 1. The van der Waals surface area contributed by atoms with Crippen molar-refractivity contribution >= 4 is 5.91 Å². The lowest BCUT2D eigenvalue weighted by Gasteiger charge is -2.39. The zero-order chi connectivity index (χ0) is 21.1. The fraction of sp³-hybridized carbons (Fsp3) is 0.269. The van der Waals surface area contributed by atoms with Crippen LogP contribution < -0.4 is 10.5 Å². The van der Waals surface area contributed by atoms with Gasteiger partial charge < -0.3 is 10.5 Å². The van der Waals surface area contributed by atoms with Crippen LogP contribution in [0.3, 0.4) is 0 Å². The Bertz CT molecular complexity index is 987. The lowest BCUT2D eigenvalue weighted by molar-refractivity contribution is 0.0146. The van der Waals surface area contributed by atoms with Crippen LogP contribution in [0, 0.1) is 0 Å². The fourth-order valence-corrected chi connectivity index (χ4v) is 3.74. The van der Waals surface area contributed by atoms with Gasteiger partial charge in [-0.25, -0.2) is 0 Å². The van der Waals surface area contributed by atoms with Crippen molar-refractivity contribution in [2.45, 2.75) is 32.4 Å². The van der Waals surface area contributed by atoms with Crippen LogP contribution in [-0.4, -0.2) is 30.0 Å². The first kappa shape index (κ1) is 20.2. The first-order chi connectivity index (χ1) is 14.5. The molecular formula is C26H28N2O2. The predicted molar refractivity (Wildman–Crippen MR) is 121 cm³/mol. The molecule has 0 radical (unpaired) electrons. The summed E-state index contributed by atoms with van der Waals surface area (Å²) in [6, 6.07) is 24.4. The molecule has 0 saturated carbocycles. The molecule has 0 atom stereocenters. The minimum atomic E-state index is -0.410. The van der Waals surface area contributed by atoms with Crippen molar-refractivity contribution in [1.29, 1.82) is 0 Å². The van der Waals surface area contributed by atoms with Gasteiger partial charge in [0.05, 0.1) is 0 Å². The van der Waals surface area contributed by atoms with E-state index in [2.05, 4.69) is 43.0 Å². The average molecular weight is 401 g/mol. The molecule has 1 fully saturated rings. The Morgan fingerprint density at radius 3 is 2.03 bits per heavy atom. The third-order valence-corrected chi connectivity index (χ3v) is 5.64. The second-order valence-electron chi connectivity index (χ2n) is 8.30. The molecule has 0 unspecified atom stereocenters. The van der Waals surface area contributed by atoms with E-state index >= 15 is 0 Å². The maximum atomic E-state index is 11.2. The molecule has 1 saturated heterocycles. The Hall–Kier alpha value is -3.11. The summed E-state index contributed by atoms with van der Waals surface area (Å²) in [5, 5.41) is 0. The van der Waals surface area contributed by atoms with Gasteiger partial charge in [0.25, 0.3) is 0 Å². The maximum Gasteiger partial charge on any atom is 0.248 e. The highest BCUT2D eigenvalue weighted by Gasteiger charge is 2.28. The third kappa shape index (κ3) is 4.71. The van der Waals surface area contributed by atoms with Gasteiger partial charge in [-0.15, -0.1) is 0 Å². The summed E-state index contributed by atoms with van der Waals surface area (Å²) in [4.78, 5) is 13.6. The minimum absolute atomic E-state index is 0.237. The summed E-state index contributed by atoms with van der Waals surface area (Å²) in [6.07, 6.45) is 0.237. The fourth-order valence-electron chi connectivity index (χ4n) is 3.74. The van der Waals surface area contributed by atoms with Gasteiger partial charge in [-0.05, 0) is 52.4 Å². The molecule has 2 N–H and O–H groups in total. The highest BCUT2D eigenvalue weighted by molar-refractivity contribution is 5.93. The molecule has 4 nitrogen and oxygen atoms in total. The Morgan fingerprint density at radius 2 is 1.50 bits per heavy atom. The number of amides is 1. The predicted octanol–water partition coefficient (Wildman–Crippen LogP) is 4.84. The highest BCUT2D eigenvalue weighted by Crippen LogP contribution is 2.25. The van der Waals surface area contributed by atoms with Crippen molar-refractivity contribution < 1.29 is 9.53 Å². The summed E-state index contributed by atoms with van der Waals surface area (Å²) in [5.41, 5.74) is 10.7. The molecule has 3 aromatic rings. The number of likely N-dealkylation sites (tertiary alicyclic amines) is 1. The number of ether oxygens (including phenoxy) is 1. The summed E-state index contributed by atoms with van der Waals surface area (Å²) < 4.78 is 6.11. The summed E-state index contributed by atoms with van der Waals surface area (Å²) in [5.74, 6) is 1.05. The van der Waals surface area contributed by atoms with Crippen LogP contribution in [0.1, 0.15) is 41.3 Å². The van der Waals surface area contributed by atoms with Crippen LogP contribution in [0.25, 0.3) is 11.1 Å². The highest BCUT2D eigenvalue weighted by atomic mass is 16.5. The molecule has 1 heterocycles. The smallest absolute Gasteiger partial charge is 0.248 e. The lowest BCUT2D eigenvalue weighted by Crippen LogP contribution is -2.53. The van der Waals surface area contributed by atoms with Crippen molar-refractivity contribution in [2.75, 3.05) is 13.1 Å². The normalized spacial score (nSPS) is 14.5. The van der Waals surface area contributed by atoms with E-state index in [0.29, 0.717) is 11.5 Å². The number of carbonyl (C=O) groups is 1. The summed E-state index contributed by atoms with van der Waals surface area (Å²) in [7, 11) is 0. The first-order valence-corrected chi connectivity index (χ1v) is 10.5. The molecule has 4 heteroatoms. The Morgan fingerprint density at radius 1 is 0.933 bits per heavy atom. The van der Waals surface area contributed by atoms with E-state index in [1.807, 2.05) is 36.4 Å². The molecular weight excluding hydrogens is 372 g/mol. The van der Waals surface area contributed by atoms with E-state index < -0.39 is 5.91 Å². The van der Waals surface area contributed by atoms with Gasteiger partial charge in [-0.1, -0.05) is 62.4 Å². The van der Waals surface area contributed by atoms with Crippen molar-refractivity contribution in [3.63, 3.8) is 0 Å². The van der Waals surface area contributed by atoms with Crippen molar-refractivity contribution in [1.82, 2.24) is 4.90 Å². The van der Waals surface area contributed by atoms with E-state index in [4.69, 9.17) is 10.5 Å². The molecule has 0 spiro atoms. The van der Waals surface area contributed by atoms with E-state index in [-0.39, 0.29) is 6.10 Å². The average Bonchev–Trinajstić information content (AvgIpc) is 2.73. The molecule has 0 bridgehead atoms. The molecule has 1 aliphatic rings. The molecule has 1 amide bonds. The van der Waals surface area contributed by atoms with Gasteiger partial charge in [-0.2, -0.15) is 0 Å². The van der Waals surface area contributed by atoms with Gasteiger partial charge in [-0.3, -0.25) is 9.69 Å². The summed E-state index contributed by atoms with van der Waals surface area (Å²) >= 11 is 0. The van der Waals surface area contributed by atoms with Crippen LogP contribution in [0.4, 0.5) is 0 Å². The van der Waals surface area contributed by atoms with Gasteiger partial charge in [0.15, 0.2) is 0 Å². The number of nitrogens with zero attached hydrogens (tertiary/aromatic N) is 1. The van der Waals surface area contributed by atoms with Crippen molar-refractivity contribution in [2.24, 2.45) is 5.73 Å². The second-order valence-corrected chi connectivity index (χ2v) is 8.30. The standard InChI is InChI=1S/C26H28N2O2/c1-18(2)20-5-3-19(4-6-20)15-28-16-25(17-28)30-24-13-11-22(12-14-24)21-7-9-23(10-8-21)26(27)29/h3-14,18,25H,15-17H2,1-2H3,(H2,27,29). The zero-order valence-electron chi connectivity index (χ0n) is 17.5. The monoisotopic (exact) mass is 400 g/mol. The Kier molecular flexibility index (Phi) is 5.86. The van der Waals surface area contributed by atoms with Crippen molar-refractivity contribution in [3.05, 3.63) is 89.5 Å². The number of carbonyl (C=O) groups excluding carboxylic acids is 1. The molecule has 0 aliphatic carbocycles. The van der Waals surface area contributed by atoms with Gasteiger partial charge in [0.2, 0.25) is 5.91 Å². The quantitative estimate of drug-likeness (QED) is 0.617. The van der Waals surface area contributed by atoms with E-state index in [1.54, 1.807) is 12.1 Å². The van der Waals surface area contributed by atoms with E-state index in [0.717, 1.165) is 36.5 Å². The molecule has 154 valence electrons. The van der Waals surface area contributed by atoms with Crippen LogP contribution in [0.5, 0.6) is 5.75 Å². The molecule has 30 heavy (non-hydrogen) atoms. The second kappa shape index (κ2) is 8.72.